The quantitative estimate of drug-likeness (QED) is 0.770. The van der Waals surface area contributed by atoms with Crippen molar-refractivity contribution in [2.45, 2.75) is 19.4 Å². The molecule has 0 unspecified atom stereocenters. The highest BCUT2D eigenvalue weighted by Crippen LogP contribution is 2.33. The van der Waals surface area contributed by atoms with Gasteiger partial charge in [-0.1, -0.05) is 6.07 Å². The molecule has 5 nitrogen and oxygen atoms in total. The van der Waals surface area contributed by atoms with Gasteiger partial charge < -0.3 is 19.8 Å². The minimum Gasteiger partial charge on any atom is -0.490 e. The highest BCUT2D eigenvalue weighted by Gasteiger charge is 2.14. The third-order valence-electron chi connectivity index (χ3n) is 4.05. The van der Waals surface area contributed by atoms with E-state index in [1.54, 1.807) is 0 Å². The Morgan fingerprint density at radius 2 is 1.96 bits per heavy atom. The standard InChI is InChI=1S/C18H19N3O2/c1-12(20-17-6-4-13-7-8-19-18(13)21-17)14-3-5-15-16(11-14)23-10-2-9-22-15/h3-8,11-12H,2,9-10H2,1H3,(H2,19,20,21)/t12-/m0/s1. The molecule has 0 fully saturated rings. The zero-order valence-electron chi connectivity index (χ0n) is 13.0. The summed E-state index contributed by atoms with van der Waals surface area (Å²) < 4.78 is 11.4. The molecule has 0 spiro atoms. The van der Waals surface area contributed by atoms with E-state index < -0.39 is 0 Å². The molecule has 0 aliphatic carbocycles. The first kappa shape index (κ1) is 13.9. The lowest BCUT2D eigenvalue weighted by Crippen LogP contribution is -2.08. The Kier molecular flexibility index (Phi) is 3.54. The Balaban J connectivity index is 1.56. The number of H-pyrrole nitrogens is 1. The van der Waals surface area contributed by atoms with Crippen LogP contribution in [0.2, 0.25) is 0 Å². The Labute approximate surface area is 134 Å². The molecule has 3 heterocycles. The summed E-state index contributed by atoms with van der Waals surface area (Å²) in [7, 11) is 0. The van der Waals surface area contributed by atoms with Gasteiger partial charge in [-0.3, -0.25) is 0 Å². The van der Waals surface area contributed by atoms with Crippen LogP contribution in [0.25, 0.3) is 11.0 Å². The number of hydrogen-bond acceptors (Lipinski definition) is 4. The lowest BCUT2D eigenvalue weighted by atomic mass is 10.1. The second-order valence-electron chi connectivity index (χ2n) is 5.73. The number of hydrogen-bond donors (Lipinski definition) is 2. The average molecular weight is 309 g/mol. The summed E-state index contributed by atoms with van der Waals surface area (Å²) in [5.74, 6) is 2.49. The van der Waals surface area contributed by atoms with Crippen LogP contribution in [0.1, 0.15) is 24.9 Å². The molecule has 0 radical (unpaired) electrons. The molecule has 2 aromatic heterocycles. The number of pyridine rings is 1. The van der Waals surface area contributed by atoms with E-state index in [2.05, 4.69) is 34.3 Å². The third-order valence-corrected chi connectivity index (χ3v) is 4.05. The minimum absolute atomic E-state index is 0.118. The first-order valence-electron chi connectivity index (χ1n) is 7.90. The maximum absolute atomic E-state index is 5.76. The largest absolute Gasteiger partial charge is 0.490 e. The van der Waals surface area contributed by atoms with Gasteiger partial charge in [-0.05, 0) is 42.8 Å². The summed E-state index contributed by atoms with van der Waals surface area (Å²) in [6.07, 6.45) is 2.81. The SMILES string of the molecule is C[C@H](Nc1ccc2cc[nH]c2n1)c1ccc2c(c1)OCCCO2. The number of anilines is 1. The van der Waals surface area contributed by atoms with E-state index in [9.17, 15) is 0 Å². The van der Waals surface area contributed by atoms with Gasteiger partial charge in [-0.2, -0.15) is 0 Å². The molecule has 2 N–H and O–H groups in total. The molecule has 118 valence electrons. The van der Waals surface area contributed by atoms with Gasteiger partial charge in [0.2, 0.25) is 0 Å². The van der Waals surface area contributed by atoms with Gasteiger partial charge in [0, 0.05) is 18.0 Å². The number of nitrogens with one attached hydrogen (secondary N) is 2. The molecule has 1 aromatic carbocycles. The summed E-state index contributed by atoms with van der Waals surface area (Å²) in [5.41, 5.74) is 2.03. The Hall–Kier alpha value is -2.69. The molecule has 0 saturated heterocycles. The van der Waals surface area contributed by atoms with E-state index in [4.69, 9.17) is 9.47 Å². The third kappa shape index (κ3) is 2.82. The van der Waals surface area contributed by atoms with Crippen LogP contribution in [-0.4, -0.2) is 23.2 Å². The normalized spacial score (nSPS) is 15.2. The molecule has 5 heteroatoms. The van der Waals surface area contributed by atoms with Crippen LogP contribution in [0.15, 0.2) is 42.6 Å². The van der Waals surface area contributed by atoms with Crippen LogP contribution in [-0.2, 0) is 0 Å². The predicted octanol–water partition coefficient (Wildman–Crippen LogP) is 3.90. The summed E-state index contributed by atoms with van der Waals surface area (Å²) in [4.78, 5) is 7.71. The van der Waals surface area contributed by atoms with E-state index in [-0.39, 0.29) is 6.04 Å². The highest BCUT2D eigenvalue weighted by molar-refractivity contribution is 5.77. The Morgan fingerprint density at radius 3 is 2.87 bits per heavy atom. The predicted molar refractivity (Wildman–Crippen MR) is 90.2 cm³/mol. The number of benzene rings is 1. The van der Waals surface area contributed by atoms with E-state index in [0.717, 1.165) is 40.3 Å². The number of aromatic nitrogens is 2. The molecular weight excluding hydrogens is 290 g/mol. The lowest BCUT2D eigenvalue weighted by molar-refractivity contribution is 0.297. The van der Waals surface area contributed by atoms with Gasteiger partial charge in [0.25, 0.3) is 0 Å². The zero-order valence-corrected chi connectivity index (χ0v) is 13.0. The maximum Gasteiger partial charge on any atom is 0.161 e. The van der Waals surface area contributed by atoms with Crippen molar-refractivity contribution >= 4 is 16.9 Å². The second kappa shape index (κ2) is 5.83. The van der Waals surface area contributed by atoms with Crippen LogP contribution >= 0.6 is 0 Å². The van der Waals surface area contributed by atoms with Crippen molar-refractivity contribution in [3.63, 3.8) is 0 Å². The Bertz CT molecular complexity index is 828. The van der Waals surface area contributed by atoms with Crippen molar-refractivity contribution in [1.29, 1.82) is 0 Å². The van der Waals surface area contributed by atoms with Crippen LogP contribution in [0.3, 0.4) is 0 Å². The monoisotopic (exact) mass is 309 g/mol. The van der Waals surface area contributed by atoms with Gasteiger partial charge in [0.15, 0.2) is 11.5 Å². The molecule has 1 aliphatic rings. The number of nitrogens with zero attached hydrogens (tertiary/aromatic N) is 1. The molecule has 1 atom stereocenters. The van der Waals surface area contributed by atoms with Gasteiger partial charge >= 0.3 is 0 Å². The fraction of sp³-hybridized carbons (Fsp3) is 0.278. The Morgan fingerprint density at radius 1 is 1.09 bits per heavy atom. The highest BCUT2D eigenvalue weighted by atomic mass is 16.5. The summed E-state index contributed by atoms with van der Waals surface area (Å²) in [5, 5.41) is 4.55. The first-order valence-corrected chi connectivity index (χ1v) is 7.90. The number of aromatic amines is 1. The van der Waals surface area contributed by atoms with Crippen molar-refractivity contribution in [1.82, 2.24) is 9.97 Å². The minimum atomic E-state index is 0.118. The van der Waals surface area contributed by atoms with E-state index in [0.29, 0.717) is 13.2 Å². The zero-order chi connectivity index (χ0) is 15.6. The number of rotatable bonds is 3. The van der Waals surface area contributed by atoms with Crippen molar-refractivity contribution in [3.05, 3.63) is 48.2 Å². The fourth-order valence-electron chi connectivity index (χ4n) is 2.77. The molecule has 4 rings (SSSR count). The van der Waals surface area contributed by atoms with Crippen molar-refractivity contribution in [2.24, 2.45) is 0 Å². The maximum atomic E-state index is 5.76. The summed E-state index contributed by atoms with van der Waals surface area (Å²) >= 11 is 0. The van der Waals surface area contributed by atoms with Crippen LogP contribution in [0.5, 0.6) is 11.5 Å². The van der Waals surface area contributed by atoms with Crippen molar-refractivity contribution in [2.75, 3.05) is 18.5 Å². The van der Waals surface area contributed by atoms with E-state index in [1.807, 2.05) is 30.5 Å². The lowest BCUT2D eigenvalue weighted by Gasteiger charge is -2.17. The van der Waals surface area contributed by atoms with Crippen molar-refractivity contribution < 1.29 is 9.47 Å². The van der Waals surface area contributed by atoms with Gasteiger partial charge in [-0.15, -0.1) is 0 Å². The average Bonchev–Trinajstić information content (AvgIpc) is 2.90. The molecule has 0 bridgehead atoms. The van der Waals surface area contributed by atoms with Crippen LogP contribution in [0, 0.1) is 0 Å². The van der Waals surface area contributed by atoms with Crippen molar-refractivity contribution in [3.8, 4) is 11.5 Å². The molecule has 0 saturated carbocycles. The first-order chi connectivity index (χ1) is 11.3. The molecular formula is C18H19N3O2. The number of ether oxygens (including phenoxy) is 2. The molecule has 1 aliphatic heterocycles. The molecule has 3 aromatic rings. The van der Waals surface area contributed by atoms with Gasteiger partial charge in [-0.25, -0.2) is 4.98 Å². The second-order valence-corrected chi connectivity index (χ2v) is 5.73. The fourth-order valence-corrected chi connectivity index (χ4v) is 2.77. The number of fused-ring (bicyclic) bond motifs is 2. The summed E-state index contributed by atoms with van der Waals surface area (Å²) in [6.45, 7) is 3.52. The van der Waals surface area contributed by atoms with Crippen LogP contribution in [0.4, 0.5) is 5.82 Å². The summed E-state index contributed by atoms with van der Waals surface area (Å²) in [6, 6.07) is 12.3. The van der Waals surface area contributed by atoms with Gasteiger partial charge in [0.05, 0.1) is 19.3 Å². The van der Waals surface area contributed by atoms with Gasteiger partial charge in [0.1, 0.15) is 11.5 Å². The van der Waals surface area contributed by atoms with E-state index >= 15 is 0 Å². The molecule has 0 amide bonds. The van der Waals surface area contributed by atoms with Crippen LogP contribution < -0.4 is 14.8 Å². The molecule has 23 heavy (non-hydrogen) atoms. The van der Waals surface area contributed by atoms with E-state index in [1.165, 1.54) is 0 Å². The topological polar surface area (TPSA) is 59.2 Å². The smallest absolute Gasteiger partial charge is 0.161 e.